The van der Waals surface area contributed by atoms with Gasteiger partial charge in [-0.3, -0.25) is 4.79 Å². The summed E-state index contributed by atoms with van der Waals surface area (Å²) in [6, 6.07) is 12.7. The molecule has 0 aliphatic heterocycles. The van der Waals surface area contributed by atoms with Crippen LogP contribution in [-0.2, 0) is 16.1 Å². The largest absolute Gasteiger partial charge is 0.493 e. The number of nitrogens with one attached hydrogen (secondary N) is 1. The number of benzene rings is 2. The van der Waals surface area contributed by atoms with Gasteiger partial charge in [0.2, 0.25) is 11.4 Å². The number of ether oxygens (including phenoxy) is 5. The summed E-state index contributed by atoms with van der Waals surface area (Å²) in [5.41, 5.74) is 1.46. The molecule has 0 bridgehead atoms. The van der Waals surface area contributed by atoms with Gasteiger partial charge in [-0.2, -0.15) is 5.10 Å². The summed E-state index contributed by atoms with van der Waals surface area (Å²) in [7, 11) is 4.55. The number of esters is 1. The highest BCUT2D eigenvalue weighted by atomic mass is 16.5. The SMILES string of the molecule is CCOC(=O)c1nn(-c2ccccc2)cc1OCC(=O)NCc1cc(OC)c(OC)c(OC)c1. The van der Waals surface area contributed by atoms with Crippen LogP contribution in [0, 0.1) is 0 Å². The summed E-state index contributed by atoms with van der Waals surface area (Å²) in [4.78, 5) is 24.8. The number of carbonyl (C=O) groups excluding carboxylic acids is 2. The van der Waals surface area contributed by atoms with E-state index < -0.39 is 11.9 Å². The molecule has 1 amide bonds. The van der Waals surface area contributed by atoms with E-state index in [0.717, 1.165) is 11.3 Å². The molecule has 2 aromatic carbocycles. The van der Waals surface area contributed by atoms with Crippen molar-refractivity contribution in [2.75, 3.05) is 34.5 Å². The van der Waals surface area contributed by atoms with E-state index in [1.807, 2.05) is 30.3 Å². The second kappa shape index (κ2) is 11.6. The average molecular weight is 469 g/mol. The van der Waals surface area contributed by atoms with Crippen molar-refractivity contribution in [3.8, 4) is 28.7 Å². The minimum atomic E-state index is -0.634. The van der Waals surface area contributed by atoms with Gasteiger partial charge in [0.05, 0.1) is 39.8 Å². The lowest BCUT2D eigenvalue weighted by molar-refractivity contribution is -0.123. The normalized spacial score (nSPS) is 10.4. The Hall–Kier alpha value is -4.21. The predicted molar refractivity (Wildman–Crippen MR) is 123 cm³/mol. The average Bonchev–Trinajstić information content (AvgIpc) is 3.30. The molecule has 180 valence electrons. The minimum Gasteiger partial charge on any atom is -0.493 e. The van der Waals surface area contributed by atoms with Gasteiger partial charge in [0.15, 0.2) is 23.9 Å². The summed E-state index contributed by atoms with van der Waals surface area (Å²) in [6.45, 7) is 1.76. The van der Waals surface area contributed by atoms with E-state index >= 15 is 0 Å². The molecule has 3 rings (SSSR count). The highest BCUT2D eigenvalue weighted by Crippen LogP contribution is 2.38. The molecular weight excluding hydrogens is 442 g/mol. The van der Waals surface area contributed by atoms with Gasteiger partial charge in [0.25, 0.3) is 5.91 Å². The Kier molecular flexibility index (Phi) is 8.33. The van der Waals surface area contributed by atoms with Crippen LogP contribution in [0.25, 0.3) is 5.69 Å². The van der Waals surface area contributed by atoms with Crippen molar-refractivity contribution in [1.29, 1.82) is 0 Å². The molecule has 1 N–H and O–H groups in total. The maximum absolute atomic E-state index is 12.4. The molecule has 0 fully saturated rings. The van der Waals surface area contributed by atoms with Crippen LogP contribution in [-0.4, -0.2) is 56.2 Å². The quantitative estimate of drug-likeness (QED) is 0.427. The van der Waals surface area contributed by atoms with E-state index in [4.69, 9.17) is 23.7 Å². The number of methoxy groups -OCH3 is 3. The highest BCUT2D eigenvalue weighted by Gasteiger charge is 2.21. The maximum atomic E-state index is 12.4. The molecule has 34 heavy (non-hydrogen) atoms. The van der Waals surface area contributed by atoms with Crippen LogP contribution in [0.2, 0.25) is 0 Å². The van der Waals surface area contributed by atoms with Crippen LogP contribution < -0.4 is 24.3 Å². The van der Waals surface area contributed by atoms with E-state index in [-0.39, 0.29) is 31.2 Å². The van der Waals surface area contributed by atoms with Gasteiger partial charge in [-0.05, 0) is 36.8 Å². The van der Waals surface area contributed by atoms with Gasteiger partial charge >= 0.3 is 5.97 Å². The van der Waals surface area contributed by atoms with Crippen molar-refractivity contribution < 1.29 is 33.3 Å². The Morgan fingerprint density at radius 3 is 2.24 bits per heavy atom. The Morgan fingerprint density at radius 2 is 1.65 bits per heavy atom. The van der Waals surface area contributed by atoms with Gasteiger partial charge in [0, 0.05) is 6.54 Å². The smallest absolute Gasteiger partial charge is 0.362 e. The molecule has 0 saturated carbocycles. The van der Waals surface area contributed by atoms with Gasteiger partial charge in [-0.15, -0.1) is 0 Å². The van der Waals surface area contributed by atoms with Crippen molar-refractivity contribution >= 4 is 11.9 Å². The molecule has 0 saturated heterocycles. The van der Waals surface area contributed by atoms with Crippen LogP contribution in [0.15, 0.2) is 48.7 Å². The predicted octanol–water partition coefficient (Wildman–Crippen LogP) is 2.77. The van der Waals surface area contributed by atoms with Gasteiger partial charge in [-0.1, -0.05) is 18.2 Å². The summed E-state index contributed by atoms with van der Waals surface area (Å²) < 4.78 is 28.1. The molecule has 0 unspecified atom stereocenters. The lowest BCUT2D eigenvalue weighted by Crippen LogP contribution is -2.28. The monoisotopic (exact) mass is 469 g/mol. The molecule has 0 radical (unpaired) electrons. The fourth-order valence-electron chi connectivity index (χ4n) is 3.15. The Morgan fingerprint density at radius 1 is 0.971 bits per heavy atom. The minimum absolute atomic E-state index is 0.0110. The zero-order chi connectivity index (χ0) is 24.5. The number of rotatable bonds is 11. The fraction of sp³-hybridized carbons (Fsp3) is 0.292. The number of para-hydroxylation sites is 1. The third-order valence-electron chi connectivity index (χ3n) is 4.74. The molecule has 1 aromatic heterocycles. The van der Waals surface area contributed by atoms with Crippen LogP contribution in [0.4, 0.5) is 0 Å². The molecule has 0 aliphatic rings. The summed E-state index contributed by atoms with van der Waals surface area (Å²) in [5.74, 6) is 0.543. The van der Waals surface area contributed by atoms with E-state index in [1.54, 1.807) is 19.1 Å². The zero-order valence-corrected chi connectivity index (χ0v) is 19.5. The van der Waals surface area contributed by atoms with E-state index in [1.165, 1.54) is 32.2 Å². The lowest BCUT2D eigenvalue weighted by Gasteiger charge is -2.14. The van der Waals surface area contributed by atoms with Gasteiger partial charge < -0.3 is 29.0 Å². The molecule has 1 heterocycles. The van der Waals surface area contributed by atoms with Crippen molar-refractivity contribution in [3.05, 3.63) is 59.9 Å². The first-order chi connectivity index (χ1) is 16.5. The highest BCUT2D eigenvalue weighted by molar-refractivity contribution is 5.90. The summed E-state index contributed by atoms with van der Waals surface area (Å²) in [5, 5.41) is 7.03. The van der Waals surface area contributed by atoms with Crippen LogP contribution in [0.1, 0.15) is 23.0 Å². The molecular formula is C24H27N3O7. The van der Waals surface area contributed by atoms with Crippen molar-refractivity contribution in [3.63, 3.8) is 0 Å². The topological polar surface area (TPSA) is 110 Å². The van der Waals surface area contributed by atoms with Crippen LogP contribution >= 0.6 is 0 Å². The number of hydrogen-bond acceptors (Lipinski definition) is 8. The standard InChI is InChI=1S/C24H27N3O7/c1-5-33-24(29)22-20(14-27(26-22)17-9-7-6-8-10-17)34-15-21(28)25-13-16-11-18(30-2)23(32-4)19(12-16)31-3/h6-12,14H,5,13,15H2,1-4H3,(H,25,28). The molecule has 0 aliphatic carbocycles. The second-order valence-corrected chi connectivity index (χ2v) is 6.94. The lowest BCUT2D eigenvalue weighted by atomic mass is 10.1. The van der Waals surface area contributed by atoms with Gasteiger partial charge in [0.1, 0.15) is 0 Å². The number of amides is 1. The Labute approximate surface area is 197 Å². The fourth-order valence-corrected chi connectivity index (χ4v) is 3.15. The first-order valence-corrected chi connectivity index (χ1v) is 10.5. The number of carbonyl (C=O) groups is 2. The molecule has 10 heteroatoms. The van der Waals surface area contributed by atoms with E-state index in [9.17, 15) is 9.59 Å². The summed E-state index contributed by atoms with van der Waals surface area (Å²) >= 11 is 0. The number of nitrogens with zero attached hydrogens (tertiary/aromatic N) is 2. The third-order valence-corrected chi connectivity index (χ3v) is 4.74. The van der Waals surface area contributed by atoms with Crippen molar-refractivity contribution in [1.82, 2.24) is 15.1 Å². The van der Waals surface area contributed by atoms with Crippen molar-refractivity contribution in [2.45, 2.75) is 13.5 Å². The Balaban J connectivity index is 1.69. The van der Waals surface area contributed by atoms with Gasteiger partial charge in [-0.25, -0.2) is 9.48 Å². The van der Waals surface area contributed by atoms with Crippen molar-refractivity contribution in [2.24, 2.45) is 0 Å². The molecule has 10 nitrogen and oxygen atoms in total. The summed E-state index contributed by atoms with van der Waals surface area (Å²) in [6.07, 6.45) is 1.54. The number of hydrogen-bond donors (Lipinski definition) is 1. The number of aromatic nitrogens is 2. The van der Waals surface area contributed by atoms with Crippen LogP contribution in [0.5, 0.6) is 23.0 Å². The molecule has 0 spiro atoms. The first-order valence-electron chi connectivity index (χ1n) is 10.5. The third kappa shape index (κ3) is 5.77. The van der Waals surface area contributed by atoms with Crippen LogP contribution in [0.3, 0.4) is 0 Å². The molecule has 0 atom stereocenters. The Bertz CT molecular complexity index is 1100. The maximum Gasteiger partial charge on any atom is 0.362 e. The van der Waals surface area contributed by atoms with E-state index in [0.29, 0.717) is 17.2 Å². The molecule has 3 aromatic rings. The second-order valence-electron chi connectivity index (χ2n) is 6.94. The van der Waals surface area contributed by atoms with E-state index in [2.05, 4.69) is 10.4 Å². The zero-order valence-electron chi connectivity index (χ0n) is 19.5. The first kappa shape index (κ1) is 24.4.